The molecule has 0 bridgehead atoms. The van der Waals surface area contributed by atoms with Crippen molar-refractivity contribution >= 4 is 23.3 Å². The van der Waals surface area contributed by atoms with Crippen LogP contribution in [0.4, 0.5) is 23.3 Å². The number of rotatable bonds is 6. The SMILES string of the molecule is C=CCN1Cc2cnc(Nc3ccc4c(c3)CN(C)C4)nc2N1c1cccc(C(C)(C)O)n1. The van der Waals surface area contributed by atoms with E-state index in [1.165, 1.54) is 11.1 Å². The Hall–Kier alpha value is -3.33. The van der Waals surface area contributed by atoms with Crippen LogP contribution in [0, 0.1) is 0 Å². The number of hydrogen-bond acceptors (Lipinski definition) is 8. The van der Waals surface area contributed by atoms with Gasteiger partial charge in [-0.25, -0.2) is 20.0 Å². The second-order valence-electron chi connectivity index (χ2n) is 9.21. The predicted molar refractivity (Wildman–Crippen MR) is 129 cm³/mol. The average molecular weight is 444 g/mol. The molecule has 170 valence electrons. The summed E-state index contributed by atoms with van der Waals surface area (Å²) in [6, 6.07) is 12.1. The monoisotopic (exact) mass is 443 g/mol. The number of benzene rings is 1. The minimum Gasteiger partial charge on any atom is -0.384 e. The van der Waals surface area contributed by atoms with Crippen LogP contribution in [-0.2, 0) is 25.2 Å². The Morgan fingerprint density at radius 3 is 2.70 bits per heavy atom. The zero-order valence-electron chi connectivity index (χ0n) is 19.3. The number of hydrogen-bond donors (Lipinski definition) is 2. The topological polar surface area (TPSA) is 80.7 Å². The van der Waals surface area contributed by atoms with Gasteiger partial charge in [-0.15, -0.1) is 6.58 Å². The summed E-state index contributed by atoms with van der Waals surface area (Å²) in [5.74, 6) is 2.00. The van der Waals surface area contributed by atoms with Gasteiger partial charge >= 0.3 is 0 Å². The molecule has 0 saturated heterocycles. The Morgan fingerprint density at radius 1 is 1.09 bits per heavy atom. The van der Waals surface area contributed by atoms with Crippen molar-refractivity contribution < 1.29 is 5.11 Å². The zero-order valence-corrected chi connectivity index (χ0v) is 19.3. The smallest absolute Gasteiger partial charge is 0.229 e. The van der Waals surface area contributed by atoms with Gasteiger partial charge < -0.3 is 10.4 Å². The van der Waals surface area contributed by atoms with Crippen LogP contribution in [0.15, 0.2) is 55.3 Å². The fourth-order valence-electron chi connectivity index (χ4n) is 4.36. The number of nitrogens with zero attached hydrogens (tertiary/aromatic N) is 6. The number of fused-ring (bicyclic) bond motifs is 2. The predicted octanol–water partition coefficient (Wildman–Crippen LogP) is 3.84. The quantitative estimate of drug-likeness (QED) is 0.556. The van der Waals surface area contributed by atoms with Crippen LogP contribution in [0.3, 0.4) is 0 Å². The molecule has 2 aliphatic heterocycles. The van der Waals surface area contributed by atoms with Gasteiger partial charge in [-0.2, -0.15) is 4.98 Å². The van der Waals surface area contributed by atoms with E-state index in [9.17, 15) is 5.11 Å². The van der Waals surface area contributed by atoms with E-state index in [1.54, 1.807) is 13.8 Å². The fraction of sp³-hybridized carbons (Fsp3) is 0.320. The van der Waals surface area contributed by atoms with E-state index in [2.05, 4.69) is 52.0 Å². The molecule has 0 fully saturated rings. The first-order chi connectivity index (χ1) is 15.8. The molecule has 3 aromatic rings. The van der Waals surface area contributed by atoms with Crippen molar-refractivity contribution in [2.75, 3.05) is 23.9 Å². The Kier molecular flexibility index (Phi) is 5.36. The van der Waals surface area contributed by atoms with Gasteiger partial charge in [0.2, 0.25) is 5.95 Å². The van der Waals surface area contributed by atoms with Crippen molar-refractivity contribution in [3.8, 4) is 0 Å². The maximum Gasteiger partial charge on any atom is 0.229 e. The van der Waals surface area contributed by atoms with Crippen LogP contribution in [0.1, 0.15) is 36.2 Å². The summed E-state index contributed by atoms with van der Waals surface area (Å²) in [4.78, 5) is 16.4. The highest BCUT2D eigenvalue weighted by Gasteiger charge is 2.32. The molecule has 0 radical (unpaired) electrons. The highest BCUT2D eigenvalue weighted by molar-refractivity contribution is 5.65. The third-order valence-corrected chi connectivity index (χ3v) is 5.94. The van der Waals surface area contributed by atoms with E-state index >= 15 is 0 Å². The van der Waals surface area contributed by atoms with Crippen molar-refractivity contribution in [3.05, 3.63) is 77.6 Å². The summed E-state index contributed by atoms with van der Waals surface area (Å²) in [6.45, 7) is 10.6. The largest absolute Gasteiger partial charge is 0.384 e. The van der Waals surface area contributed by atoms with Gasteiger partial charge in [0.15, 0.2) is 5.82 Å². The molecule has 1 aromatic carbocycles. The normalized spacial score (nSPS) is 16.1. The van der Waals surface area contributed by atoms with Gasteiger partial charge in [0.05, 0.1) is 5.69 Å². The van der Waals surface area contributed by atoms with E-state index < -0.39 is 5.60 Å². The first-order valence-corrected chi connectivity index (χ1v) is 11.1. The Morgan fingerprint density at radius 2 is 1.91 bits per heavy atom. The third-order valence-electron chi connectivity index (χ3n) is 5.94. The number of aromatic nitrogens is 3. The summed E-state index contributed by atoms with van der Waals surface area (Å²) in [7, 11) is 2.13. The molecule has 0 atom stereocenters. The highest BCUT2D eigenvalue weighted by Crippen LogP contribution is 2.36. The van der Waals surface area contributed by atoms with E-state index in [0.29, 0.717) is 30.5 Å². The molecule has 0 spiro atoms. The van der Waals surface area contributed by atoms with Crippen LogP contribution < -0.4 is 10.3 Å². The number of pyridine rings is 1. The van der Waals surface area contributed by atoms with Gasteiger partial charge in [0, 0.05) is 43.6 Å². The molecule has 5 rings (SSSR count). The van der Waals surface area contributed by atoms with E-state index in [-0.39, 0.29) is 0 Å². The molecule has 33 heavy (non-hydrogen) atoms. The maximum absolute atomic E-state index is 10.5. The second-order valence-corrected chi connectivity index (χ2v) is 9.21. The van der Waals surface area contributed by atoms with E-state index in [1.807, 2.05) is 35.5 Å². The lowest BCUT2D eigenvalue weighted by Crippen LogP contribution is -2.35. The van der Waals surface area contributed by atoms with Crippen LogP contribution in [0.5, 0.6) is 0 Å². The fourth-order valence-corrected chi connectivity index (χ4v) is 4.36. The lowest BCUT2D eigenvalue weighted by Gasteiger charge is -2.28. The van der Waals surface area contributed by atoms with Gasteiger partial charge in [0.1, 0.15) is 11.4 Å². The molecule has 0 aliphatic carbocycles. The highest BCUT2D eigenvalue weighted by atomic mass is 16.3. The minimum atomic E-state index is -1.04. The molecular weight excluding hydrogens is 414 g/mol. The summed E-state index contributed by atoms with van der Waals surface area (Å²) >= 11 is 0. The van der Waals surface area contributed by atoms with Crippen LogP contribution in [0.25, 0.3) is 0 Å². The molecule has 8 heteroatoms. The molecule has 4 heterocycles. The van der Waals surface area contributed by atoms with E-state index in [0.717, 1.165) is 30.2 Å². The van der Waals surface area contributed by atoms with Crippen molar-refractivity contribution in [1.82, 2.24) is 24.9 Å². The summed E-state index contributed by atoms with van der Waals surface area (Å²) < 4.78 is 0. The lowest BCUT2D eigenvalue weighted by atomic mass is 10.1. The molecule has 2 aromatic heterocycles. The first-order valence-electron chi connectivity index (χ1n) is 11.1. The van der Waals surface area contributed by atoms with Crippen LogP contribution in [0.2, 0.25) is 0 Å². The Bertz CT molecular complexity index is 1200. The summed E-state index contributed by atoms with van der Waals surface area (Å²) in [5, 5.41) is 17.9. The first kappa shape index (κ1) is 21.5. The van der Waals surface area contributed by atoms with Crippen molar-refractivity contribution in [2.24, 2.45) is 0 Å². The zero-order chi connectivity index (χ0) is 23.2. The molecule has 0 saturated carbocycles. The van der Waals surface area contributed by atoms with E-state index in [4.69, 9.17) is 9.97 Å². The summed E-state index contributed by atoms with van der Waals surface area (Å²) in [6.07, 6.45) is 3.72. The standard InChI is InChI=1S/C25H29N7O/c1-5-11-31-16-19-13-26-24(27-20-10-9-17-14-30(4)15-18(17)12-20)29-23(19)32(31)22-8-6-7-21(28-22)25(2,3)33/h5-10,12-13,33H,1,11,14-16H2,2-4H3,(H,26,27,29). The Balaban J connectivity index is 1.48. The number of anilines is 4. The van der Waals surface area contributed by atoms with Gasteiger partial charge in [-0.3, -0.25) is 4.90 Å². The van der Waals surface area contributed by atoms with Crippen LogP contribution >= 0.6 is 0 Å². The van der Waals surface area contributed by atoms with Gasteiger partial charge in [0.25, 0.3) is 0 Å². The summed E-state index contributed by atoms with van der Waals surface area (Å²) in [5.41, 5.74) is 4.23. The average Bonchev–Trinajstić information content (AvgIpc) is 3.32. The molecule has 2 N–H and O–H groups in total. The lowest BCUT2D eigenvalue weighted by molar-refractivity contribution is 0.0738. The third kappa shape index (κ3) is 4.20. The maximum atomic E-state index is 10.5. The van der Waals surface area contributed by atoms with Crippen molar-refractivity contribution in [2.45, 2.75) is 39.1 Å². The Labute approximate surface area is 194 Å². The molecule has 8 nitrogen and oxygen atoms in total. The molecule has 0 unspecified atom stereocenters. The molecule has 2 aliphatic rings. The van der Waals surface area contributed by atoms with Crippen LogP contribution in [-0.4, -0.2) is 43.6 Å². The van der Waals surface area contributed by atoms with Crippen molar-refractivity contribution in [3.63, 3.8) is 0 Å². The number of hydrazine groups is 1. The number of nitrogens with one attached hydrogen (secondary N) is 1. The number of aliphatic hydroxyl groups is 1. The molecular formula is C25H29N7O. The van der Waals surface area contributed by atoms with Crippen molar-refractivity contribution in [1.29, 1.82) is 0 Å². The second kappa shape index (κ2) is 8.22. The molecule has 0 amide bonds. The van der Waals surface area contributed by atoms with Gasteiger partial charge in [-0.1, -0.05) is 18.2 Å². The minimum absolute atomic E-state index is 0.532. The van der Waals surface area contributed by atoms with Gasteiger partial charge in [-0.05, 0) is 56.3 Å².